The number of benzene rings is 3. The Hall–Kier alpha value is -3.60. The second-order valence-electron chi connectivity index (χ2n) is 9.44. The van der Waals surface area contributed by atoms with E-state index in [0.29, 0.717) is 5.56 Å². The minimum absolute atomic E-state index is 0.0595. The Balaban J connectivity index is 1.40. The highest BCUT2D eigenvalue weighted by atomic mass is 35.5. The highest BCUT2D eigenvalue weighted by molar-refractivity contribution is 7.91. The number of aryl methyl sites for hydroxylation is 1. The van der Waals surface area contributed by atoms with Crippen LogP contribution in [0.1, 0.15) is 45.9 Å². The number of nitrogens with one attached hydrogen (secondary N) is 3. The molecule has 0 fully saturated rings. The van der Waals surface area contributed by atoms with Crippen LogP contribution in [0.2, 0.25) is 10.0 Å². The maximum atomic E-state index is 13.1. The first kappa shape index (κ1) is 29.4. The van der Waals surface area contributed by atoms with Gasteiger partial charge in [-0.1, -0.05) is 77.8 Å². The number of carbonyl (C=O) groups is 3. The normalized spacial score (nSPS) is 15.1. The molecule has 4 N–H and O–H groups in total. The number of Topliss-reactive ketones (excluding diaryl/α,β-unsaturated/α-hetero) is 1. The third-order valence-corrected chi connectivity index (χ3v) is 8.52. The fraction of sp³-hybridized carbons (Fsp3) is 0.250. The number of sulfonamides is 1. The van der Waals surface area contributed by atoms with Gasteiger partial charge in [-0.2, -0.15) is 0 Å². The quantitative estimate of drug-likeness (QED) is 0.222. The lowest BCUT2D eigenvalue weighted by Crippen LogP contribution is -2.41. The molecular formula is C28H27Cl2N3O6S. The van der Waals surface area contributed by atoms with Gasteiger partial charge in [0.25, 0.3) is 0 Å². The van der Waals surface area contributed by atoms with E-state index in [2.05, 4.69) is 15.4 Å². The number of carbonyl (C=O) groups excluding carboxylic acids is 2. The van der Waals surface area contributed by atoms with Gasteiger partial charge >= 0.3 is 12.0 Å². The molecule has 0 aromatic heterocycles. The molecule has 0 aliphatic heterocycles. The summed E-state index contributed by atoms with van der Waals surface area (Å²) in [5.41, 5.74) is 2.45. The van der Waals surface area contributed by atoms with Crippen LogP contribution < -0.4 is 15.4 Å². The molecular weight excluding hydrogens is 577 g/mol. The number of amides is 2. The maximum absolute atomic E-state index is 13.1. The van der Waals surface area contributed by atoms with E-state index >= 15 is 0 Å². The third-order valence-electron chi connectivity index (χ3n) is 6.56. The van der Waals surface area contributed by atoms with Crippen LogP contribution in [0.5, 0.6) is 0 Å². The first-order chi connectivity index (χ1) is 19.0. The van der Waals surface area contributed by atoms with Gasteiger partial charge in [-0.3, -0.25) is 14.3 Å². The number of hydrogen-bond acceptors (Lipinski definition) is 5. The van der Waals surface area contributed by atoms with E-state index in [1.54, 1.807) is 30.3 Å². The molecule has 0 heterocycles. The van der Waals surface area contributed by atoms with Crippen molar-refractivity contribution in [2.75, 3.05) is 11.3 Å². The van der Waals surface area contributed by atoms with Crippen molar-refractivity contribution >= 4 is 56.7 Å². The summed E-state index contributed by atoms with van der Waals surface area (Å²) in [7, 11) is -3.89. The molecule has 0 unspecified atom stereocenters. The molecule has 3 aromatic carbocycles. The Morgan fingerprint density at radius 3 is 2.40 bits per heavy atom. The van der Waals surface area contributed by atoms with Crippen LogP contribution in [0.4, 0.5) is 10.5 Å². The lowest BCUT2D eigenvalue weighted by atomic mass is 9.97. The highest BCUT2D eigenvalue weighted by Gasteiger charge is 2.28. The molecule has 0 radical (unpaired) electrons. The van der Waals surface area contributed by atoms with Crippen molar-refractivity contribution in [3.05, 3.63) is 99.0 Å². The number of hydrogen-bond donors (Lipinski definition) is 4. The highest BCUT2D eigenvalue weighted by Crippen LogP contribution is 2.34. The molecule has 9 nitrogen and oxygen atoms in total. The molecule has 2 amide bonds. The molecule has 2 atom stereocenters. The van der Waals surface area contributed by atoms with Crippen LogP contribution in [-0.2, 0) is 27.0 Å². The van der Waals surface area contributed by atoms with Crippen molar-refractivity contribution in [2.45, 2.75) is 31.1 Å². The monoisotopic (exact) mass is 603 g/mol. The number of halogens is 2. The van der Waals surface area contributed by atoms with E-state index in [9.17, 15) is 27.9 Å². The summed E-state index contributed by atoms with van der Waals surface area (Å²) in [5.74, 6) is -3.61. The van der Waals surface area contributed by atoms with Crippen LogP contribution in [-0.4, -0.2) is 37.9 Å². The van der Waals surface area contributed by atoms with E-state index < -0.39 is 40.1 Å². The summed E-state index contributed by atoms with van der Waals surface area (Å²) in [5, 5.41) is 14.8. The molecule has 40 heavy (non-hydrogen) atoms. The van der Waals surface area contributed by atoms with E-state index in [4.69, 9.17) is 23.2 Å². The zero-order valence-corrected chi connectivity index (χ0v) is 23.5. The van der Waals surface area contributed by atoms with Crippen LogP contribution >= 0.6 is 23.2 Å². The summed E-state index contributed by atoms with van der Waals surface area (Å²) in [6.45, 7) is -0.320. The van der Waals surface area contributed by atoms with Crippen molar-refractivity contribution in [3.8, 4) is 0 Å². The van der Waals surface area contributed by atoms with E-state index in [1.807, 2.05) is 24.3 Å². The zero-order valence-electron chi connectivity index (χ0n) is 21.2. The first-order valence-corrected chi connectivity index (χ1v) is 14.9. The van der Waals surface area contributed by atoms with Gasteiger partial charge in [0.05, 0.1) is 39.0 Å². The molecule has 0 saturated carbocycles. The molecule has 0 bridgehead atoms. The number of anilines is 1. The summed E-state index contributed by atoms with van der Waals surface area (Å²) in [4.78, 5) is 37.5. The summed E-state index contributed by atoms with van der Waals surface area (Å²) >= 11 is 12.6. The molecule has 12 heteroatoms. The number of carboxylic acid groups (broad SMARTS) is 1. The van der Waals surface area contributed by atoms with Gasteiger partial charge in [0, 0.05) is 13.0 Å². The van der Waals surface area contributed by atoms with Gasteiger partial charge in [-0.05, 0) is 41.7 Å². The SMILES string of the molecule is O=C(NC[C@H](CC(=O)c1c(Cl)ccc(NS(=O)(=O)Cc2ccccc2)c1Cl)C(=O)O)N[C@@H]1CCc2ccccc21. The molecule has 0 spiro atoms. The van der Waals surface area contributed by atoms with Crippen LogP contribution in [0.15, 0.2) is 66.7 Å². The predicted octanol–water partition coefficient (Wildman–Crippen LogP) is 5.20. The van der Waals surface area contributed by atoms with E-state index in [-0.39, 0.29) is 39.6 Å². The summed E-state index contributed by atoms with van der Waals surface area (Å²) in [6.07, 6.45) is 1.04. The van der Waals surface area contributed by atoms with Crippen molar-refractivity contribution in [3.63, 3.8) is 0 Å². The van der Waals surface area contributed by atoms with Crippen molar-refractivity contribution in [2.24, 2.45) is 5.92 Å². The van der Waals surface area contributed by atoms with Crippen LogP contribution in [0, 0.1) is 5.92 Å². The van der Waals surface area contributed by atoms with Crippen LogP contribution in [0.3, 0.4) is 0 Å². The van der Waals surface area contributed by atoms with Gasteiger partial charge in [-0.15, -0.1) is 0 Å². The number of aliphatic carboxylic acids is 1. The minimum Gasteiger partial charge on any atom is -0.481 e. The molecule has 3 aromatic rings. The average molecular weight is 605 g/mol. The first-order valence-electron chi connectivity index (χ1n) is 12.4. The van der Waals surface area contributed by atoms with E-state index in [0.717, 1.165) is 24.0 Å². The van der Waals surface area contributed by atoms with Gasteiger partial charge in [0.2, 0.25) is 10.0 Å². The maximum Gasteiger partial charge on any atom is 0.315 e. The van der Waals surface area contributed by atoms with Crippen molar-refractivity contribution in [1.29, 1.82) is 0 Å². The van der Waals surface area contributed by atoms with Crippen LogP contribution in [0.25, 0.3) is 0 Å². The summed E-state index contributed by atoms with van der Waals surface area (Å²) < 4.78 is 27.7. The zero-order chi connectivity index (χ0) is 28.9. The second kappa shape index (κ2) is 12.7. The fourth-order valence-electron chi connectivity index (χ4n) is 4.59. The Kier molecular flexibility index (Phi) is 9.34. The standard InChI is InChI=1S/C28H27Cl2N3O6S/c29-21-11-13-23(33-40(38,39)16-17-6-2-1-3-7-17)26(30)25(21)24(34)14-19(27(35)36)15-31-28(37)32-22-12-10-18-8-4-5-9-20(18)22/h1-9,11,13,19,22,33H,10,12,14-16H2,(H,35,36)(H2,31,32,37)/t19-,22+/m0/s1. The topological polar surface area (TPSA) is 142 Å². The molecule has 210 valence electrons. The number of ketones is 1. The summed E-state index contributed by atoms with van der Waals surface area (Å²) in [6, 6.07) is 18.2. The number of fused-ring (bicyclic) bond motifs is 1. The largest absolute Gasteiger partial charge is 0.481 e. The van der Waals surface area contributed by atoms with Crippen molar-refractivity contribution < 1.29 is 27.9 Å². The molecule has 1 aliphatic rings. The Bertz CT molecular complexity index is 1530. The second-order valence-corrected chi connectivity index (χ2v) is 11.9. The van der Waals surface area contributed by atoms with Gasteiger partial charge in [-0.25, -0.2) is 13.2 Å². The van der Waals surface area contributed by atoms with Gasteiger partial charge in [0.15, 0.2) is 5.78 Å². The smallest absolute Gasteiger partial charge is 0.315 e. The lowest BCUT2D eigenvalue weighted by molar-refractivity contribution is -0.141. The Morgan fingerprint density at radius 1 is 0.975 bits per heavy atom. The molecule has 0 saturated heterocycles. The van der Waals surface area contributed by atoms with E-state index in [1.165, 1.54) is 12.1 Å². The number of rotatable bonds is 11. The number of urea groups is 1. The Labute approximate surface area is 241 Å². The fourth-order valence-corrected chi connectivity index (χ4v) is 6.48. The Morgan fingerprint density at radius 2 is 1.68 bits per heavy atom. The third kappa shape index (κ3) is 7.32. The minimum atomic E-state index is -3.89. The molecule has 1 aliphatic carbocycles. The number of carboxylic acids is 1. The average Bonchev–Trinajstić information content (AvgIpc) is 3.31. The molecule has 4 rings (SSSR count). The van der Waals surface area contributed by atoms with Crippen molar-refractivity contribution in [1.82, 2.24) is 10.6 Å². The van der Waals surface area contributed by atoms with Gasteiger partial charge < -0.3 is 15.7 Å². The van der Waals surface area contributed by atoms with Gasteiger partial charge in [0.1, 0.15) is 0 Å². The predicted molar refractivity (Wildman–Crippen MR) is 153 cm³/mol. The lowest BCUT2D eigenvalue weighted by Gasteiger charge is -2.18.